The van der Waals surface area contributed by atoms with Crippen LogP contribution in [0.2, 0.25) is 0 Å². The SMILES string of the molecule is Cc1nc(CCNC(=O)CCc2cccc(O)c2)nc2c1CCC2. The van der Waals surface area contributed by atoms with Crippen molar-refractivity contribution in [3.63, 3.8) is 0 Å². The average molecular weight is 325 g/mol. The molecule has 0 fully saturated rings. The highest BCUT2D eigenvalue weighted by Crippen LogP contribution is 2.22. The first-order valence-corrected chi connectivity index (χ1v) is 8.51. The van der Waals surface area contributed by atoms with Crippen molar-refractivity contribution in [3.05, 3.63) is 52.6 Å². The summed E-state index contributed by atoms with van der Waals surface area (Å²) in [4.78, 5) is 21.1. The second-order valence-corrected chi connectivity index (χ2v) is 6.27. The molecule has 126 valence electrons. The normalized spacial score (nSPS) is 12.9. The molecule has 5 heteroatoms. The minimum atomic E-state index is 0.0104. The molecular formula is C19H23N3O2. The zero-order chi connectivity index (χ0) is 16.9. The van der Waals surface area contributed by atoms with Gasteiger partial charge in [-0.05, 0) is 55.9 Å². The first kappa shape index (κ1) is 16.4. The summed E-state index contributed by atoms with van der Waals surface area (Å²) >= 11 is 0. The van der Waals surface area contributed by atoms with E-state index in [1.54, 1.807) is 18.2 Å². The third-order valence-electron chi connectivity index (χ3n) is 4.41. The number of carbonyl (C=O) groups is 1. The fourth-order valence-electron chi connectivity index (χ4n) is 3.17. The lowest BCUT2D eigenvalue weighted by Crippen LogP contribution is -2.26. The number of aryl methyl sites for hydroxylation is 3. The minimum Gasteiger partial charge on any atom is -0.508 e. The molecule has 0 atom stereocenters. The van der Waals surface area contributed by atoms with E-state index in [0.29, 0.717) is 25.8 Å². The first-order valence-electron chi connectivity index (χ1n) is 8.51. The molecule has 1 aliphatic rings. The van der Waals surface area contributed by atoms with E-state index in [1.807, 2.05) is 13.0 Å². The number of carbonyl (C=O) groups excluding carboxylic acids is 1. The Hall–Kier alpha value is -2.43. The third kappa shape index (κ3) is 4.10. The Labute approximate surface area is 142 Å². The number of rotatable bonds is 6. The summed E-state index contributed by atoms with van der Waals surface area (Å²) in [5.41, 5.74) is 4.55. The largest absolute Gasteiger partial charge is 0.508 e. The number of hydrogen-bond donors (Lipinski definition) is 2. The molecule has 0 unspecified atom stereocenters. The van der Waals surface area contributed by atoms with Crippen molar-refractivity contribution in [2.75, 3.05) is 6.54 Å². The topological polar surface area (TPSA) is 75.1 Å². The molecule has 5 nitrogen and oxygen atoms in total. The molecular weight excluding hydrogens is 302 g/mol. The molecule has 0 bridgehead atoms. The Morgan fingerprint density at radius 3 is 2.96 bits per heavy atom. The molecule has 0 saturated heterocycles. The highest BCUT2D eigenvalue weighted by atomic mass is 16.3. The van der Waals surface area contributed by atoms with E-state index in [1.165, 1.54) is 17.7 Å². The van der Waals surface area contributed by atoms with Crippen LogP contribution in [0.3, 0.4) is 0 Å². The van der Waals surface area contributed by atoms with Crippen LogP contribution in [0.5, 0.6) is 5.75 Å². The fraction of sp³-hybridized carbons (Fsp3) is 0.421. The molecule has 0 saturated carbocycles. The number of aromatic nitrogens is 2. The van der Waals surface area contributed by atoms with Gasteiger partial charge in [0, 0.05) is 30.8 Å². The predicted molar refractivity (Wildman–Crippen MR) is 91.9 cm³/mol. The smallest absolute Gasteiger partial charge is 0.220 e. The Morgan fingerprint density at radius 2 is 2.12 bits per heavy atom. The maximum absolute atomic E-state index is 11.9. The molecule has 1 aliphatic carbocycles. The van der Waals surface area contributed by atoms with Crippen LogP contribution in [-0.4, -0.2) is 27.5 Å². The molecule has 2 N–H and O–H groups in total. The van der Waals surface area contributed by atoms with Crippen LogP contribution in [-0.2, 0) is 30.5 Å². The summed E-state index contributed by atoms with van der Waals surface area (Å²) in [5.74, 6) is 1.06. The lowest BCUT2D eigenvalue weighted by atomic mass is 10.1. The van der Waals surface area contributed by atoms with E-state index in [0.717, 1.165) is 29.9 Å². The molecule has 1 amide bonds. The van der Waals surface area contributed by atoms with Gasteiger partial charge in [0.2, 0.25) is 5.91 Å². The monoisotopic (exact) mass is 325 g/mol. The Balaban J connectivity index is 1.45. The van der Waals surface area contributed by atoms with Gasteiger partial charge in [-0.25, -0.2) is 9.97 Å². The van der Waals surface area contributed by atoms with E-state index < -0.39 is 0 Å². The average Bonchev–Trinajstić information content (AvgIpc) is 3.02. The highest BCUT2D eigenvalue weighted by Gasteiger charge is 2.16. The molecule has 1 aromatic carbocycles. The van der Waals surface area contributed by atoms with E-state index in [2.05, 4.69) is 15.3 Å². The van der Waals surface area contributed by atoms with Crippen molar-refractivity contribution in [3.8, 4) is 5.75 Å². The summed E-state index contributed by atoms with van der Waals surface area (Å²) in [5, 5.41) is 12.3. The van der Waals surface area contributed by atoms with Gasteiger partial charge in [0.05, 0.1) is 0 Å². The summed E-state index contributed by atoms with van der Waals surface area (Å²) in [7, 11) is 0. The maximum Gasteiger partial charge on any atom is 0.220 e. The van der Waals surface area contributed by atoms with Crippen LogP contribution in [0.4, 0.5) is 0 Å². The first-order chi connectivity index (χ1) is 11.6. The van der Waals surface area contributed by atoms with E-state index in [9.17, 15) is 9.90 Å². The Bertz CT molecular complexity index is 743. The molecule has 0 radical (unpaired) electrons. The Morgan fingerprint density at radius 1 is 1.25 bits per heavy atom. The summed E-state index contributed by atoms with van der Waals surface area (Å²) in [6.07, 6.45) is 4.99. The van der Waals surface area contributed by atoms with Crippen LogP contribution >= 0.6 is 0 Å². The van der Waals surface area contributed by atoms with Crippen molar-refractivity contribution in [1.82, 2.24) is 15.3 Å². The number of amides is 1. The minimum absolute atomic E-state index is 0.0104. The summed E-state index contributed by atoms with van der Waals surface area (Å²) in [6.45, 7) is 2.60. The molecule has 2 aromatic rings. The molecule has 1 aromatic heterocycles. The fourth-order valence-corrected chi connectivity index (χ4v) is 3.17. The lowest BCUT2D eigenvalue weighted by molar-refractivity contribution is -0.121. The molecule has 0 aliphatic heterocycles. The zero-order valence-corrected chi connectivity index (χ0v) is 14.0. The van der Waals surface area contributed by atoms with Gasteiger partial charge >= 0.3 is 0 Å². The second kappa shape index (κ2) is 7.43. The molecule has 3 rings (SSSR count). The van der Waals surface area contributed by atoms with Crippen molar-refractivity contribution < 1.29 is 9.90 Å². The Kier molecular flexibility index (Phi) is 5.08. The number of hydrogen-bond acceptors (Lipinski definition) is 4. The van der Waals surface area contributed by atoms with Crippen molar-refractivity contribution >= 4 is 5.91 Å². The molecule has 0 spiro atoms. The van der Waals surface area contributed by atoms with Gasteiger partial charge in [0.1, 0.15) is 11.6 Å². The van der Waals surface area contributed by atoms with Gasteiger partial charge in [-0.1, -0.05) is 12.1 Å². The van der Waals surface area contributed by atoms with Crippen molar-refractivity contribution in [2.24, 2.45) is 0 Å². The maximum atomic E-state index is 11.9. The quantitative estimate of drug-likeness (QED) is 0.854. The summed E-state index contributed by atoms with van der Waals surface area (Å²) < 4.78 is 0. The number of fused-ring (bicyclic) bond motifs is 1. The summed E-state index contributed by atoms with van der Waals surface area (Å²) in [6, 6.07) is 7.01. The second-order valence-electron chi connectivity index (χ2n) is 6.27. The van der Waals surface area contributed by atoms with Gasteiger partial charge in [-0.3, -0.25) is 4.79 Å². The van der Waals surface area contributed by atoms with Crippen molar-refractivity contribution in [2.45, 2.75) is 45.4 Å². The number of nitrogens with one attached hydrogen (secondary N) is 1. The highest BCUT2D eigenvalue weighted by molar-refractivity contribution is 5.76. The van der Waals surface area contributed by atoms with Gasteiger partial charge in [0.15, 0.2) is 0 Å². The number of phenols is 1. The van der Waals surface area contributed by atoms with Gasteiger partial charge < -0.3 is 10.4 Å². The van der Waals surface area contributed by atoms with E-state index in [4.69, 9.17) is 0 Å². The molecule has 1 heterocycles. The number of benzene rings is 1. The van der Waals surface area contributed by atoms with Crippen LogP contribution in [0, 0.1) is 6.92 Å². The zero-order valence-electron chi connectivity index (χ0n) is 14.0. The van der Waals surface area contributed by atoms with Crippen LogP contribution in [0.25, 0.3) is 0 Å². The van der Waals surface area contributed by atoms with Crippen LogP contribution in [0.1, 0.15) is 41.2 Å². The van der Waals surface area contributed by atoms with E-state index >= 15 is 0 Å². The van der Waals surface area contributed by atoms with Crippen LogP contribution in [0.15, 0.2) is 24.3 Å². The van der Waals surface area contributed by atoms with Crippen LogP contribution < -0.4 is 5.32 Å². The number of aromatic hydroxyl groups is 1. The lowest BCUT2D eigenvalue weighted by Gasteiger charge is -2.08. The number of phenolic OH excluding ortho intramolecular Hbond substituents is 1. The van der Waals surface area contributed by atoms with Gasteiger partial charge in [0.25, 0.3) is 0 Å². The van der Waals surface area contributed by atoms with E-state index in [-0.39, 0.29) is 11.7 Å². The van der Waals surface area contributed by atoms with Gasteiger partial charge in [-0.15, -0.1) is 0 Å². The standard InChI is InChI=1S/C19H23N3O2/c1-13-16-6-3-7-17(16)22-18(21-13)10-11-20-19(24)9-8-14-4-2-5-15(23)12-14/h2,4-5,12,23H,3,6-11H2,1H3,(H,20,24). The number of nitrogens with zero attached hydrogens (tertiary/aromatic N) is 2. The van der Waals surface area contributed by atoms with Gasteiger partial charge in [-0.2, -0.15) is 0 Å². The predicted octanol–water partition coefficient (Wildman–Crippen LogP) is 2.27. The third-order valence-corrected chi connectivity index (χ3v) is 4.41. The molecule has 24 heavy (non-hydrogen) atoms. The van der Waals surface area contributed by atoms with Crippen molar-refractivity contribution in [1.29, 1.82) is 0 Å².